The summed E-state index contributed by atoms with van der Waals surface area (Å²) >= 11 is 0. The number of nitrogens with one attached hydrogen (secondary N) is 1. The Hall–Kier alpha value is -2.08. The molecule has 4 rings (SSSR count). The summed E-state index contributed by atoms with van der Waals surface area (Å²) in [6.45, 7) is 4.15. The second-order valence-electron chi connectivity index (χ2n) is 8.40. The van der Waals surface area contributed by atoms with Crippen molar-refractivity contribution in [1.82, 2.24) is 5.01 Å². The number of carbonyl (C=O) groups is 2. The molecule has 3 fully saturated rings. The van der Waals surface area contributed by atoms with Crippen LogP contribution in [0.2, 0.25) is 0 Å². The lowest BCUT2D eigenvalue weighted by atomic mass is 9.74. The Kier molecular flexibility index (Phi) is 4.62. The highest BCUT2D eigenvalue weighted by Gasteiger charge is 2.58. The minimum Gasteiger partial charge on any atom is -0.369 e. The summed E-state index contributed by atoms with van der Waals surface area (Å²) in [4.78, 5) is 25.0. The number of aryl methyl sites for hydroxylation is 1. The van der Waals surface area contributed by atoms with Crippen LogP contribution in [0.25, 0.3) is 0 Å². The Balaban J connectivity index is 1.49. The highest BCUT2D eigenvalue weighted by molar-refractivity contribution is 6.07. The number of amides is 2. The van der Waals surface area contributed by atoms with Gasteiger partial charge in [-0.3, -0.25) is 9.59 Å². The van der Waals surface area contributed by atoms with Gasteiger partial charge in [0.2, 0.25) is 11.8 Å². The maximum absolute atomic E-state index is 12.9. The molecule has 0 spiro atoms. The number of hydrogen-bond acceptors (Lipinski definition) is 4. The Labute approximate surface area is 161 Å². The smallest absolute Gasteiger partial charge is 0.232 e. The van der Waals surface area contributed by atoms with Gasteiger partial charge in [-0.1, -0.05) is 0 Å². The van der Waals surface area contributed by atoms with Crippen LogP contribution in [0.1, 0.15) is 44.1 Å². The first kappa shape index (κ1) is 18.3. The fourth-order valence-corrected chi connectivity index (χ4v) is 5.19. The highest BCUT2D eigenvalue weighted by Crippen LogP contribution is 2.58. The molecule has 0 aromatic heterocycles. The van der Waals surface area contributed by atoms with Crippen molar-refractivity contribution >= 4 is 23.2 Å². The Morgan fingerprint density at radius 1 is 1.26 bits per heavy atom. The van der Waals surface area contributed by atoms with Gasteiger partial charge in [0, 0.05) is 25.8 Å². The molecule has 2 amide bonds. The first-order valence-corrected chi connectivity index (χ1v) is 9.97. The van der Waals surface area contributed by atoms with Crippen LogP contribution in [0.3, 0.4) is 0 Å². The van der Waals surface area contributed by atoms with Gasteiger partial charge in [0.1, 0.15) is 0 Å². The van der Waals surface area contributed by atoms with Gasteiger partial charge in [-0.05, 0) is 75.1 Å². The van der Waals surface area contributed by atoms with E-state index in [1.807, 2.05) is 12.1 Å². The van der Waals surface area contributed by atoms with Crippen molar-refractivity contribution in [3.8, 4) is 0 Å². The van der Waals surface area contributed by atoms with Gasteiger partial charge in [-0.15, -0.1) is 0 Å². The van der Waals surface area contributed by atoms with E-state index >= 15 is 0 Å². The number of nitrogens with zero attached hydrogens (tertiary/aromatic N) is 2. The van der Waals surface area contributed by atoms with E-state index in [0.717, 1.165) is 43.6 Å². The minimum absolute atomic E-state index is 0.141. The monoisotopic (exact) mass is 369 g/mol. The number of primary amides is 1. The van der Waals surface area contributed by atoms with Gasteiger partial charge in [-0.25, -0.2) is 5.01 Å². The van der Waals surface area contributed by atoms with Crippen LogP contribution >= 0.6 is 0 Å². The number of fused-ring (bicyclic) bond motifs is 2. The minimum atomic E-state index is -0.708. The summed E-state index contributed by atoms with van der Waals surface area (Å²) in [5.41, 5.74) is 8.05. The molecule has 3 N–H and O–H groups in total. The van der Waals surface area contributed by atoms with Gasteiger partial charge in [0.05, 0.1) is 17.0 Å². The molecular weight excluding hydrogens is 340 g/mol. The SMILES string of the molecule is Cc1cc(NC(=O)[C]2CC3CCC2(C(N)=O)C3)ccc1N1CCCCN1C. The fourth-order valence-electron chi connectivity index (χ4n) is 5.19. The van der Waals surface area contributed by atoms with E-state index in [1.165, 1.54) is 18.5 Å². The summed E-state index contributed by atoms with van der Waals surface area (Å²) in [7, 11) is 2.11. The van der Waals surface area contributed by atoms with Gasteiger partial charge in [-0.2, -0.15) is 0 Å². The molecule has 2 saturated carbocycles. The van der Waals surface area contributed by atoms with E-state index in [0.29, 0.717) is 18.3 Å². The van der Waals surface area contributed by atoms with Crippen molar-refractivity contribution in [3.05, 3.63) is 29.7 Å². The molecular formula is C21H29N4O2. The zero-order chi connectivity index (χ0) is 19.2. The molecule has 6 heteroatoms. The summed E-state index contributed by atoms with van der Waals surface area (Å²) < 4.78 is 0. The van der Waals surface area contributed by atoms with Crippen molar-refractivity contribution in [2.45, 2.75) is 45.4 Å². The van der Waals surface area contributed by atoms with Gasteiger partial charge < -0.3 is 16.1 Å². The van der Waals surface area contributed by atoms with Crippen molar-refractivity contribution in [2.24, 2.45) is 17.1 Å². The quantitative estimate of drug-likeness (QED) is 0.855. The third-order valence-corrected chi connectivity index (χ3v) is 6.68. The molecule has 3 aliphatic rings. The van der Waals surface area contributed by atoms with Gasteiger partial charge >= 0.3 is 0 Å². The second-order valence-corrected chi connectivity index (χ2v) is 8.40. The fraction of sp³-hybridized carbons (Fsp3) is 0.571. The maximum atomic E-state index is 12.9. The molecule has 2 bridgehead atoms. The number of hydrogen-bond donors (Lipinski definition) is 2. The van der Waals surface area contributed by atoms with Crippen LogP contribution in [0.5, 0.6) is 0 Å². The molecule has 2 unspecified atom stereocenters. The van der Waals surface area contributed by atoms with E-state index in [4.69, 9.17) is 5.73 Å². The van der Waals surface area contributed by atoms with Crippen LogP contribution in [-0.4, -0.2) is 37.0 Å². The third kappa shape index (κ3) is 3.10. The lowest BCUT2D eigenvalue weighted by Crippen LogP contribution is -2.45. The predicted octanol–water partition coefficient (Wildman–Crippen LogP) is 2.63. The number of anilines is 2. The van der Waals surface area contributed by atoms with E-state index in [2.05, 4.69) is 35.4 Å². The predicted molar refractivity (Wildman–Crippen MR) is 106 cm³/mol. The number of nitrogens with two attached hydrogens (primary N) is 1. The Bertz CT molecular complexity index is 765. The van der Waals surface area contributed by atoms with Crippen LogP contribution in [0.4, 0.5) is 11.4 Å². The molecule has 2 aliphatic carbocycles. The van der Waals surface area contributed by atoms with Crippen molar-refractivity contribution in [3.63, 3.8) is 0 Å². The Morgan fingerprint density at radius 3 is 2.70 bits per heavy atom. The summed E-state index contributed by atoms with van der Waals surface area (Å²) in [5, 5.41) is 7.57. The van der Waals surface area contributed by atoms with Crippen LogP contribution in [-0.2, 0) is 9.59 Å². The van der Waals surface area contributed by atoms with Crippen molar-refractivity contribution in [2.75, 3.05) is 30.5 Å². The maximum Gasteiger partial charge on any atom is 0.232 e. The summed E-state index contributed by atoms with van der Waals surface area (Å²) in [6, 6.07) is 6.04. The molecule has 1 aromatic rings. The number of hydrazine groups is 1. The molecule has 1 aromatic carbocycles. The summed E-state index contributed by atoms with van der Waals surface area (Å²) in [5.74, 6) is 0.631. The van der Waals surface area contributed by atoms with Crippen molar-refractivity contribution in [1.29, 1.82) is 0 Å². The average Bonchev–Trinajstić information content (AvgIpc) is 3.23. The zero-order valence-electron chi connectivity index (χ0n) is 16.3. The van der Waals surface area contributed by atoms with Gasteiger partial charge in [0.25, 0.3) is 0 Å². The number of rotatable bonds is 4. The Morgan fingerprint density at radius 2 is 2.04 bits per heavy atom. The second kappa shape index (κ2) is 6.82. The average molecular weight is 369 g/mol. The molecule has 1 heterocycles. The molecule has 27 heavy (non-hydrogen) atoms. The standard InChI is InChI=1S/C21H29N4O2/c1-14-11-16(5-6-18(14)25-10-4-3-9-24(25)2)23-19(26)17-12-15-7-8-21(17,13-15)20(22)27/h5-6,11,15H,3-4,7-10,12-13H2,1-2H3,(H2,22,27)(H,23,26). The molecule has 6 nitrogen and oxygen atoms in total. The topological polar surface area (TPSA) is 78.7 Å². The van der Waals surface area contributed by atoms with Crippen LogP contribution in [0.15, 0.2) is 18.2 Å². The van der Waals surface area contributed by atoms with Gasteiger partial charge in [0.15, 0.2) is 0 Å². The van der Waals surface area contributed by atoms with E-state index < -0.39 is 5.41 Å². The van der Waals surface area contributed by atoms with Crippen LogP contribution in [0, 0.1) is 24.2 Å². The van der Waals surface area contributed by atoms with E-state index in [1.54, 1.807) is 0 Å². The number of benzene rings is 1. The van der Waals surface area contributed by atoms with E-state index in [-0.39, 0.29) is 11.8 Å². The molecule has 2 atom stereocenters. The largest absolute Gasteiger partial charge is 0.369 e. The van der Waals surface area contributed by atoms with Crippen molar-refractivity contribution < 1.29 is 9.59 Å². The third-order valence-electron chi connectivity index (χ3n) is 6.68. The van der Waals surface area contributed by atoms with Crippen LogP contribution < -0.4 is 16.1 Å². The summed E-state index contributed by atoms with van der Waals surface area (Å²) in [6.07, 6.45) is 5.57. The normalized spacial score (nSPS) is 28.5. The molecule has 1 radical (unpaired) electrons. The first-order valence-electron chi connectivity index (χ1n) is 9.97. The van der Waals surface area contributed by atoms with E-state index in [9.17, 15) is 9.59 Å². The first-order chi connectivity index (χ1) is 12.9. The number of carbonyl (C=O) groups excluding carboxylic acids is 2. The molecule has 1 aliphatic heterocycles. The lowest BCUT2D eigenvalue weighted by molar-refractivity contribution is -0.129. The highest BCUT2D eigenvalue weighted by atomic mass is 16.2. The molecule has 1 saturated heterocycles. The lowest BCUT2D eigenvalue weighted by Gasteiger charge is -2.38. The zero-order valence-corrected chi connectivity index (χ0v) is 16.3. The molecule has 145 valence electrons.